The van der Waals surface area contributed by atoms with Crippen molar-refractivity contribution in [1.29, 1.82) is 5.41 Å². The quantitative estimate of drug-likeness (QED) is 0.496. The molecule has 0 radical (unpaired) electrons. The largest absolute Gasteiger partial charge is 0.283 e. The standard InChI is InChI=1S/C16H9N5O3S2/c17-13-11(8-9-3-1-4-10(7-9)21(23)24)14(22)18-16-20(13)19-15(26-16)12-5-2-6-25-12/h1-8,17H/b11-8-,17-13?. The van der Waals surface area contributed by atoms with Crippen molar-refractivity contribution in [3.8, 4) is 0 Å². The van der Waals surface area contributed by atoms with Crippen molar-refractivity contribution >= 4 is 56.8 Å². The highest BCUT2D eigenvalue weighted by Crippen LogP contribution is 2.32. The minimum absolute atomic E-state index is 0.0334. The molecule has 2 aromatic rings. The van der Waals surface area contributed by atoms with E-state index in [1.54, 1.807) is 6.07 Å². The zero-order valence-corrected chi connectivity index (χ0v) is 14.6. The molecule has 0 saturated heterocycles. The number of hydrazone groups is 1. The van der Waals surface area contributed by atoms with Gasteiger partial charge in [-0.2, -0.15) is 15.1 Å². The number of rotatable bonds is 3. The molecule has 0 spiro atoms. The number of nitro benzene ring substituents is 1. The Morgan fingerprint density at radius 2 is 2.12 bits per heavy atom. The van der Waals surface area contributed by atoms with Gasteiger partial charge in [-0.25, -0.2) is 0 Å². The van der Waals surface area contributed by atoms with Gasteiger partial charge in [-0.1, -0.05) is 18.2 Å². The van der Waals surface area contributed by atoms with E-state index in [9.17, 15) is 14.9 Å². The number of nitrogens with one attached hydrogen (secondary N) is 1. The molecule has 0 unspecified atom stereocenters. The van der Waals surface area contributed by atoms with Crippen molar-refractivity contribution in [2.45, 2.75) is 0 Å². The number of amidine groups is 2. The van der Waals surface area contributed by atoms with E-state index in [4.69, 9.17) is 5.41 Å². The SMILES string of the molecule is N=C1/C(=C/c2cccc([N+](=O)[O-])c2)C(=O)N=C2SC(c3cccs3)=NN12. The van der Waals surface area contributed by atoms with Crippen molar-refractivity contribution in [2.75, 3.05) is 0 Å². The monoisotopic (exact) mass is 383 g/mol. The van der Waals surface area contributed by atoms with E-state index in [1.807, 2.05) is 17.5 Å². The molecule has 2 aliphatic heterocycles. The van der Waals surface area contributed by atoms with E-state index in [2.05, 4.69) is 10.1 Å². The number of hydrogen-bond acceptors (Lipinski definition) is 7. The first-order chi connectivity index (χ1) is 12.5. The first-order valence-corrected chi connectivity index (χ1v) is 9.01. The average Bonchev–Trinajstić information content (AvgIpc) is 3.28. The number of nitro groups is 1. The smallest absolute Gasteiger partial charge is 0.282 e. The van der Waals surface area contributed by atoms with E-state index in [0.717, 1.165) is 4.88 Å². The number of fused-ring (bicyclic) bond motifs is 1. The van der Waals surface area contributed by atoms with E-state index < -0.39 is 10.8 Å². The Morgan fingerprint density at radius 1 is 1.27 bits per heavy atom. The molecule has 10 heteroatoms. The molecule has 0 saturated carbocycles. The topological polar surface area (TPSA) is 112 Å². The molecular formula is C16H9N5O3S2. The molecular weight excluding hydrogens is 374 g/mol. The molecule has 26 heavy (non-hydrogen) atoms. The van der Waals surface area contributed by atoms with Crippen LogP contribution in [0.2, 0.25) is 0 Å². The fourth-order valence-electron chi connectivity index (χ4n) is 2.39. The highest BCUT2D eigenvalue weighted by atomic mass is 32.2. The number of nitrogens with zero attached hydrogens (tertiary/aromatic N) is 4. The van der Waals surface area contributed by atoms with Crippen molar-refractivity contribution in [3.05, 3.63) is 67.9 Å². The summed E-state index contributed by atoms with van der Waals surface area (Å²) in [4.78, 5) is 27.7. The zero-order valence-electron chi connectivity index (χ0n) is 12.9. The Bertz CT molecular complexity index is 1040. The van der Waals surface area contributed by atoms with Crippen molar-refractivity contribution in [3.63, 3.8) is 0 Å². The molecule has 1 aromatic heterocycles. The number of non-ortho nitro benzene ring substituents is 1. The zero-order chi connectivity index (χ0) is 18.3. The maximum atomic E-state index is 12.3. The lowest BCUT2D eigenvalue weighted by molar-refractivity contribution is -0.384. The molecule has 4 rings (SSSR count). The van der Waals surface area contributed by atoms with Crippen LogP contribution in [0.1, 0.15) is 10.4 Å². The van der Waals surface area contributed by atoms with Gasteiger partial charge in [0.2, 0.25) is 5.17 Å². The molecule has 0 atom stereocenters. The van der Waals surface area contributed by atoms with Crippen LogP contribution in [0.4, 0.5) is 5.69 Å². The van der Waals surface area contributed by atoms with Gasteiger partial charge < -0.3 is 0 Å². The van der Waals surface area contributed by atoms with Gasteiger partial charge in [0.05, 0.1) is 15.4 Å². The third-order valence-corrected chi connectivity index (χ3v) is 5.53. The molecule has 1 N–H and O–H groups in total. The molecule has 0 bridgehead atoms. The fourth-order valence-corrected chi connectivity index (χ4v) is 4.07. The third-order valence-electron chi connectivity index (χ3n) is 3.58. The Morgan fingerprint density at radius 3 is 2.85 bits per heavy atom. The molecule has 0 aliphatic carbocycles. The average molecular weight is 383 g/mol. The van der Waals surface area contributed by atoms with E-state index >= 15 is 0 Å². The summed E-state index contributed by atoms with van der Waals surface area (Å²) in [6.07, 6.45) is 1.42. The van der Waals surface area contributed by atoms with Crippen LogP contribution in [0.3, 0.4) is 0 Å². The van der Waals surface area contributed by atoms with Gasteiger partial charge in [-0.05, 0) is 34.8 Å². The summed E-state index contributed by atoms with van der Waals surface area (Å²) in [6, 6.07) is 9.65. The molecule has 2 aliphatic rings. The van der Waals surface area contributed by atoms with Crippen LogP contribution >= 0.6 is 23.1 Å². The van der Waals surface area contributed by atoms with Crippen molar-refractivity contribution in [1.82, 2.24) is 5.01 Å². The Kier molecular flexibility index (Phi) is 3.98. The molecule has 8 nitrogen and oxygen atoms in total. The second-order valence-corrected chi connectivity index (χ2v) is 7.16. The van der Waals surface area contributed by atoms with Gasteiger partial charge >= 0.3 is 0 Å². The summed E-state index contributed by atoms with van der Waals surface area (Å²) in [6.45, 7) is 0. The highest BCUT2D eigenvalue weighted by molar-refractivity contribution is 8.27. The normalized spacial score (nSPS) is 18.0. The number of benzene rings is 1. The summed E-state index contributed by atoms with van der Waals surface area (Å²) in [7, 11) is 0. The third kappa shape index (κ3) is 2.85. The lowest BCUT2D eigenvalue weighted by Gasteiger charge is -2.20. The lowest BCUT2D eigenvalue weighted by atomic mass is 10.1. The molecule has 1 aromatic carbocycles. The van der Waals surface area contributed by atoms with Gasteiger partial charge in [0, 0.05) is 12.1 Å². The summed E-state index contributed by atoms with van der Waals surface area (Å²) in [5.41, 5.74) is 0.388. The second kappa shape index (κ2) is 6.32. The minimum Gasteiger partial charge on any atom is -0.282 e. The van der Waals surface area contributed by atoms with Crippen LogP contribution in [-0.2, 0) is 4.79 Å². The Hall–Kier alpha value is -3.11. The van der Waals surface area contributed by atoms with Gasteiger partial charge in [0.25, 0.3) is 11.6 Å². The molecule has 3 heterocycles. The molecule has 0 fully saturated rings. The van der Waals surface area contributed by atoms with E-state index in [1.165, 1.54) is 52.4 Å². The fraction of sp³-hybridized carbons (Fsp3) is 0. The number of carbonyl (C=O) groups excluding carboxylic acids is 1. The summed E-state index contributed by atoms with van der Waals surface area (Å²) >= 11 is 2.74. The number of aliphatic imine (C=N–C) groups is 1. The van der Waals surface area contributed by atoms with Gasteiger partial charge in [0.1, 0.15) is 5.04 Å². The predicted molar refractivity (Wildman–Crippen MR) is 102 cm³/mol. The number of thiophene rings is 1. The number of hydrogen-bond donors (Lipinski definition) is 1. The number of carbonyl (C=O) groups is 1. The molecule has 128 valence electrons. The highest BCUT2D eigenvalue weighted by Gasteiger charge is 2.36. The van der Waals surface area contributed by atoms with Gasteiger partial charge in [0.15, 0.2) is 5.84 Å². The Balaban J connectivity index is 1.70. The van der Waals surface area contributed by atoms with Crippen molar-refractivity contribution < 1.29 is 9.72 Å². The summed E-state index contributed by atoms with van der Waals surface area (Å²) < 4.78 is 0. The van der Waals surface area contributed by atoms with Crippen LogP contribution in [0.15, 0.2) is 57.4 Å². The maximum Gasteiger partial charge on any atom is 0.283 e. The van der Waals surface area contributed by atoms with Crippen LogP contribution < -0.4 is 0 Å². The lowest BCUT2D eigenvalue weighted by Crippen LogP contribution is -2.35. The van der Waals surface area contributed by atoms with Gasteiger partial charge in [-0.3, -0.25) is 20.3 Å². The van der Waals surface area contributed by atoms with Crippen LogP contribution in [0, 0.1) is 15.5 Å². The number of amides is 1. The summed E-state index contributed by atoms with van der Waals surface area (Å²) in [5, 5.41) is 27.8. The Labute approximate surface area is 155 Å². The van der Waals surface area contributed by atoms with E-state index in [-0.39, 0.29) is 17.1 Å². The van der Waals surface area contributed by atoms with Gasteiger partial charge in [-0.15, -0.1) is 11.3 Å². The van der Waals surface area contributed by atoms with Crippen LogP contribution in [0.25, 0.3) is 6.08 Å². The predicted octanol–water partition coefficient (Wildman–Crippen LogP) is 3.32. The van der Waals surface area contributed by atoms with E-state index in [0.29, 0.717) is 15.8 Å². The summed E-state index contributed by atoms with van der Waals surface area (Å²) in [5.74, 6) is -0.673. The van der Waals surface area contributed by atoms with Crippen LogP contribution in [-0.4, -0.2) is 31.9 Å². The van der Waals surface area contributed by atoms with Crippen molar-refractivity contribution in [2.24, 2.45) is 10.1 Å². The maximum absolute atomic E-state index is 12.3. The van der Waals surface area contributed by atoms with Crippen LogP contribution in [0.5, 0.6) is 0 Å². The second-order valence-electron chi connectivity index (χ2n) is 5.25. The first kappa shape index (κ1) is 16.4. The number of thioether (sulfide) groups is 1. The molecule has 1 amide bonds. The first-order valence-electron chi connectivity index (χ1n) is 7.31. The minimum atomic E-state index is -0.567.